The SMILES string of the molecule is CC(C)(C)OC(=O)N(Cc1ccc(Cl)cc1)c1nc(Cl)c(C=O)s1.CC(C)[Si](C(C)C)(C(C)C)n1cc(C(O)c2sc(N(Cc3ccc(Cl)cc3)C(=O)OC(C)(C)C)nc2Cl)c2cccnc21.CC(C)[Si](C(C)C)(C(C)C)n1cc(I)c2cccnc21.NCc1ccc(Cl)cc1.O=Cc1sc(Cl)nc1Cl.O=Cc1sc(NCc2ccc(Cl)cc2)nc1Cl. The maximum absolute atomic E-state index is 13.4. The minimum absolute atomic E-state index is 0.0645. The lowest BCUT2D eigenvalue weighted by Crippen LogP contribution is -2.51. The smallest absolute Gasteiger partial charge is 0.416 e. The number of hydrogen-bond donors (Lipinski definition) is 3. The van der Waals surface area contributed by atoms with Gasteiger partial charge in [0.05, 0.1) is 18.0 Å². The van der Waals surface area contributed by atoms with Crippen LogP contribution in [0.15, 0.2) is 146 Å². The number of anilines is 3. The fourth-order valence-electron chi connectivity index (χ4n) is 14.6. The van der Waals surface area contributed by atoms with Gasteiger partial charge in [0.25, 0.3) is 0 Å². The second-order valence-corrected chi connectivity index (χ2v) is 52.2. The molecule has 8 heterocycles. The van der Waals surface area contributed by atoms with Crippen LogP contribution in [0.3, 0.4) is 0 Å². The average molecular weight is 2060 g/mol. The normalized spacial score (nSPS) is 11.9. The molecule has 0 fully saturated rings. The zero-order chi connectivity index (χ0) is 90.6. The van der Waals surface area contributed by atoms with Gasteiger partial charge in [0.1, 0.15) is 48.4 Å². The van der Waals surface area contributed by atoms with E-state index in [-0.39, 0.29) is 38.6 Å². The highest BCUT2D eigenvalue weighted by molar-refractivity contribution is 14.1. The van der Waals surface area contributed by atoms with Crippen molar-refractivity contribution in [3.8, 4) is 0 Å². The number of rotatable bonds is 23. The molecule has 0 aliphatic carbocycles. The molecular weight excluding hydrogens is 1960 g/mol. The molecule has 20 nitrogen and oxygen atoms in total. The number of nitrogens with zero attached hydrogens (tertiary/aromatic N) is 10. The molecule has 4 N–H and O–H groups in total. The number of aldehydes is 3. The van der Waals surface area contributed by atoms with Crippen molar-refractivity contribution in [2.75, 3.05) is 15.1 Å². The number of carbonyl (C=O) groups is 5. The number of nitrogens with two attached hydrogens (primary N) is 1. The topological polar surface area (TPSA) is 256 Å². The quantitative estimate of drug-likeness (QED) is 0.0306. The van der Waals surface area contributed by atoms with Crippen molar-refractivity contribution in [1.29, 1.82) is 0 Å². The van der Waals surface area contributed by atoms with Gasteiger partial charge in [-0.3, -0.25) is 14.4 Å². The number of aliphatic hydroxyl groups excluding tert-OH is 1. The van der Waals surface area contributed by atoms with E-state index in [0.29, 0.717) is 115 Å². The second kappa shape index (κ2) is 46.5. The maximum Gasteiger partial charge on any atom is 0.416 e. The van der Waals surface area contributed by atoms with Crippen LogP contribution in [0, 0.1) is 3.57 Å². The standard InChI is InChI=1S/C32H42Cl2N4O3SSi.C16H16Cl2N2O3S.C16H25IN2Si.C11H8Cl2N2OS.C7H8ClN.C4HCl2NOS/c1-19(2)43(20(3)4,21(5)6)38-18-25(24-11-10-16-35-29(24)38)26(39)27-28(34)36-30(42-27)37(31(40)41-32(7,8)9)17-22-12-14-23(33)15-13-22;1-16(2,3)23-15(22)20(8-10-4-6-11(17)7-5-10)14-19-13(18)12(9-21)24-14;1-11(2)20(12(3)4,13(5)6)19-10-15(17)14-8-7-9-18-16(14)19;12-8-3-1-7(2-4-8)5-14-11-15-10(13)9(6-16)17-11;8-7-3-1-6(5-9)2-4-7;5-3-2(1-8)9-4(6)7-3/h10-16,18-21,26,39H,17H2,1-9H3;4-7,9H,8H2,1-3H3;7-13H,1-6H3;1-4,6H,5H2,(H,14,15);1-4H,5,9H2;1H. The molecule has 0 spiro atoms. The zero-order valence-corrected chi connectivity index (χ0v) is 85.0. The number of halogens is 10. The number of thiazole rings is 4. The number of ether oxygens (including phenoxy) is 2. The van der Waals surface area contributed by atoms with Gasteiger partial charge < -0.3 is 34.1 Å². The third-order valence-corrected chi connectivity index (χ3v) is 40.5. The lowest BCUT2D eigenvalue weighted by molar-refractivity contribution is 0.0566. The average Bonchev–Trinajstić information content (AvgIpc) is 1.57. The molecule has 4 aromatic carbocycles. The molecule has 2 amide bonds. The number of nitrogens with one attached hydrogen (secondary N) is 1. The molecule has 0 aliphatic rings. The summed E-state index contributed by atoms with van der Waals surface area (Å²) in [7, 11) is -3.88. The van der Waals surface area contributed by atoms with Crippen LogP contribution in [-0.4, -0.2) is 102 Å². The van der Waals surface area contributed by atoms with Gasteiger partial charge in [0.2, 0.25) is 0 Å². The number of hydrogen-bond acceptors (Lipinski definition) is 20. The van der Waals surface area contributed by atoms with Gasteiger partial charge in [-0.25, -0.2) is 49.3 Å². The zero-order valence-electron chi connectivity index (χ0n) is 70.7. The van der Waals surface area contributed by atoms with E-state index in [9.17, 15) is 29.1 Å². The fraction of sp³-hybridized carbons (Fsp3) is 0.360. The van der Waals surface area contributed by atoms with Crippen molar-refractivity contribution in [1.82, 2.24) is 38.4 Å². The molecule has 0 radical (unpaired) electrons. The number of aromatic nitrogens is 8. The molecule has 1 atom stereocenters. The summed E-state index contributed by atoms with van der Waals surface area (Å²) in [6, 6.07) is 37.4. The third-order valence-electron chi connectivity index (χ3n) is 19.4. The monoisotopic (exact) mass is 2050 g/mol. The summed E-state index contributed by atoms with van der Waals surface area (Å²) < 4.78 is 17.8. The van der Waals surface area contributed by atoms with Crippen LogP contribution in [-0.2, 0) is 35.7 Å². The van der Waals surface area contributed by atoms with Crippen LogP contribution in [0.1, 0.15) is 192 Å². The summed E-state index contributed by atoms with van der Waals surface area (Å²) in [4.78, 5) is 87.7. The molecular formula is C86H100Cl9IN12O8S4Si2. The molecule has 1 unspecified atom stereocenters. The Morgan fingerprint density at radius 3 is 1.23 bits per heavy atom. The van der Waals surface area contributed by atoms with Crippen molar-refractivity contribution in [2.24, 2.45) is 5.73 Å². The largest absolute Gasteiger partial charge is 0.443 e. The highest BCUT2D eigenvalue weighted by Crippen LogP contribution is 2.49. The van der Waals surface area contributed by atoms with Crippen LogP contribution in [0.5, 0.6) is 0 Å². The van der Waals surface area contributed by atoms with Gasteiger partial charge in [0.15, 0.2) is 70.7 Å². The minimum atomic E-state index is -2.19. The molecule has 12 aromatic rings. The number of benzene rings is 4. The summed E-state index contributed by atoms with van der Waals surface area (Å²) in [5.74, 6) is 0. The van der Waals surface area contributed by atoms with Gasteiger partial charge in [-0.05, 0) is 192 Å². The first-order chi connectivity index (χ1) is 57.3. The highest BCUT2D eigenvalue weighted by atomic mass is 127. The first-order valence-electron chi connectivity index (χ1n) is 38.7. The Bertz CT molecular complexity index is 5400. The minimum Gasteiger partial charge on any atom is -0.443 e. The Morgan fingerprint density at radius 2 is 0.852 bits per heavy atom. The van der Waals surface area contributed by atoms with Crippen LogP contribution >= 0.6 is 172 Å². The number of carbonyl (C=O) groups excluding carboxylic acids is 5. The Hall–Kier alpha value is -6.18. The summed E-state index contributed by atoms with van der Waals surface area (Å²) >= 11 is 59.6. The molecule has 0 bridgehead atoms. The fourth-order valence-corrected chi connectivity index (χ4v) is 33.7. The lowest BCUT2D eigenvalue weighted by atomic mass is 10.1. The van der Waals surface area contributed by atoms with Crippen molar-refractivity contribution in [3.05, 3.63) is 242 Å². The first-order valence-corrected chi connectivity index (χ1v) is 50.8. The number of aliphatic hydroxyl groups is 1. The predicted molar refractivity (Wildman–Crippen MR) is 525 cm³/mol. The van der Waals surface area contributed by atoms with Gasteiger partial charge in [-0.1, -0.05) is 281 Å². The van der Waals surface area contributed by atoms with E-state index >= 15 is 0 Å². The third kappa shape index (κ3) is 27.2. The van der Waals surface area contributed by atoms with Gasteiger partial charge >= 0.3 is 12.2 Å². The summed E-state index contributed by atoms with van der Waals surface area (Å²) in [6.07, 6.45) is 7.92. The van der Waals surface area contributed by atoms with E-state index in [1.807, 2.05) is 112 Å². The van der Waals surface area contributed by atoms with Crippen molar-refractivity contribution in [2.45, 2.75) is 201 Å². The Balaban J connectivity index is 0.000000220. The molecule has 0 saturated carbocycles. The molecule has 8 aromatic heterocycles. The Labute approximate surface area is 790 Å². The molecule has 122 heavy (non-hydrogen) atoms. The Kier molecular flexibility index (Phi) is 39.2. The van der Waals surface area contributed by atoms with E-state index in [2.05, 4.69) is 158 Å². The van der Waals surface area contributed by atoms with Gasteiger partial charge in [0, 0.05) is 77.9 Å². The highest BCUT2D eigenvalue weighted by Gasteiger charge is 2.48. The summed E-state index contributed by atoms with van der Waals surface area (Å²) in [6.45, 7) is 40.6. The van der Waals surface area contributed by atoms with E-state index in [1.165, 1.54) is 47.1 Å². The van der Waals surface area contributed by atoms with E-state index in [4.69, 9.17) is 130 Å². The van der Waals surface area contributed by atoms with E-state index in [1.54, 1.807) is 57.2 Å². The van der Waals surface area contributed by atoms with Gasteiger partial charge in [-0.15, -0.1) is 0 Å². The number of fused-ring (bicyclic) bond motifs is 2. The molecule has 36 heteroatoms. The molecule has 654 valence electrons. The molecule has 12 rings (SSSR count). The predicted octanol–water partition coefficient (Wildman–Crippen LogP) is 28.7. The Morgan fingerprint density at radius 1 is 0.492 bits per heavy atom. The van der Waals surface area contributed by atoms with Crippen LogP contribution < -0.4 is 20.9 Å². The summed E-state index contributed by atoms with van der Waals surface area (Å²) in [5, 5.41) is 21.7. The molecule has 0 saturated heterocycles. The number of pyridine rings is 2. The maximum atomic E-state index is 13.4. The second-order valence-electron chi connectivity index (χ2n) is 31.8. The lowest BCUT2D eigenvalue weighted by Gasteiger charge is -2.44. The van der Waals surface area contributed by atoms with E-state index < -0.39 is 46.0 Å². The summed E-state index contributed by atoms with van der Waals surface area (Å²) in [5.41, 5.74) is 14.0. The van der Waals surface area contributed by atoms with Crippen LogP contribution in [0.4, 0.5) is 25.0 Å². The van der Waals surface area contributed by atoms with Gasteiger partial charge in [-0.2, -0.15) is 0 Å². The van der Waals surface area contributed by atoms with Crippen LogP contribution in [0.25, 0.3) is 22.1 Å². The molecule has 0 aliphatic heterocycles. The van der Waals surface area contributed by atoms with Crippen molar-refractivity contribution >= 4 is 257 Å². The van der Waals surface area contributed by atoms with Crippen molar-refractivity contribution in [3.63, 3.8) is 0 Å². The first kappa shape index (κ1) is 103. The van der Waals surface area contributed by atoms with E-state index in [0.717, 1.165) is 66.5 Å². The van der Waals surface area contributed by atoms with Crippen LogP contribution in [0.2, 0.25) is 78.4 Å². The number of amides is 2. The van der Waals surface area contributed by atoms with Crippen molar-refractivity contribution < 1.29 is 38.6 Å².